The minimum atomic E-state index is -0.932. The van der Waals surface area contributed by atoms with Gasteiger partial charge in [-0.15, -0.1) is 11.3 Å². The maximum absolute atomic E-state index is 11.5. The Morgan fingerprint density at radius 2 is 1.84 bits per heavy atom. The summed E-state index contributed by atoms with van der Waals surface area (Å²) in [5.74, 6) is 0.605. The third kappa shape index (κ3) is 4.17. The first kappa shape index (κ1) is 17.0. The molecule has 1 aromatic heterocycles. The lowest BCUT2D eigenvalue weighted by atomic mass is 10.1. The monoisotopic (exact) mass is 350 g/mol. The number of aliphatic carboxylic acids is 1. The second kappa shape index (κ2) is 7.36. The molecule has 0 saturated heterocycles. The predicted molar refractivity (Wildman–Crippen MR) is 102 cm³/mol. The van der Waals surface area contributed by atoms with E-state index in [-0.39, 0.29) is 5.57 Å². The van der Waals surface area contributed by atoms with E-state index >= 15 is 0 Å². The van der Waals surface area contributed by atoms with Crippen molar-refractivity contribution in [3.05, 3.63) is 81.5 Å². The number of carboxylic acid groups (broad SMARTS) is 1. The van der Waals surface area contributed by atoms with Crippen LogP contribution in [0.4, 0.5) is 0 Å². The van der Waals surface area contributed by atoms with Gasteiger partial charge >= 0.3 is 5.97 Å². The summed E-state index contributed by atoms with van der Waals surface area (Å²) >= 11 is 1.41. The van der Waals surface area contributed by atoms with Crippen LogP contribution >= 0.6 is 11.3 Å². The smallest absolute Gasteiger partial charge is 0.337 e. The fraction of sp³-hybridized carbons (Fsp3) is 0.0952. The highest BCUT2D eigenvalue weighted by Gasteiger charge is 2.11. The van der Waals surface area contributed by atoms with Crippen LogP contribution in [0.2, 0.25) is 0 Å². The second-order valence-electron chi connectivity index (χ2n) is 5.78. The Morgan fingerprint density at radius 3 is 2.44 bits per heavy atom. The number of benzene rings is 2. The van der Waals surface area contributed by atoms with Crippen molar-refractivity contribution in [2.24, 2.45) is 0 Å². The van der Waals surface area contributed by atoms with E-state index in [9.17, 15) is 9.90 Å². The quantitative estimate of drug-likeness (QED) is 0.593. The molecule has 0 fully saturated rings. The van der Waals surface area contributed by atoms with Crippen LogP contribution in [0.5, 0.6) is 11.5 Å². The van der Waals surface area contributed by atoms with E-state index in [1.54, 1.807) is 6.08 Å². The molecule has 3 aromatic rings. The van der Waals surface area contributed by atoms with E-state index in [0.717, 1.165) is 27.5 Å². The van der Waals surface area contributed by atoms with Crippen molar-refractivity contribution < 1.29 is 14.6 Å². The van der Waals surface area contributed by atoms with Gasteiger partial charge in [-0.25, -0.2) is 4.79 Å². The number of hydrogen-bond donors (Lipinski definition) is 1. The molecule has 0 atom stereocenters. The van der Waals surface area contributed by atoms with Gasteiger partial charge in [0.2, 0.25) is 0 Å². The van der Waals surface area contributed by atoms with Crippen LogP contribution in [0, 0.1) is 13.8 Å². The Hall–Kier alpha value is -2.85. The number of rotatable bonds is 5. The van der Waals surface area contributed by atoms with Gasteiger partial charge in [-0.2, -0.15) is 0 Å². The Bertz CT molecular complexity index is 907. The number of aryl methyl sites for hydroxylation is 2. The van der Waals surface area contributed by atoms with Gasteiger partial charge in [0.15, 0.2) is 0 Å². The topological polar surface area (TPSA) is 46.5 Å². The standard InChI is InChI=1S/C21H18O3S/c1-14-5-10-19(15(2)12-14)24-17-8-6-16(7-9-17)13-18(21(22)23)20-4-3-11-25-20/h3-13H,1-2H3,(H,22,23)/b18-13+. The van der Waals surface area contributed by atoms with Gasteiger partial charge in [-0.1, -0.05) is 35.9 Å². The van der Waals surface area contributed by atoms with E-state index in [4.69, 9.17) is 4.74 Å². The number of thiophene rings is 1. The molecule has 0 aliphatic heterocycles. The second-order valence-corrected chi connectivity index (χ2v) is 6.73. The molecule has 0 aliphatic rings. The van der Waals surface area contributed by atoms with Crippen LogP contribution in [-0.4, -0.2) is 11.1 Å². The molecule has 0 radical (unpaired) electrons. The molecular formula is C21H18O3S. The lowest BCUT2D eigenvalue weighted by Gasteiger charge is -2.09. The molecule has 0 bridgehead atoms. The Balaban J connectivity index is 1.82. The zero-order valence-electron chi connectivity index (χ0n) is 14.0. The summed E-state index contributed by atoms with van der Waals surface area (Å²) in [6, 6.07) is 17.1. The van der Waals surface area contributed by atoms with E-state index in [1.165, 1.54) is 16.9 Å². The van der Waals surface area contributed by atoms with E-state index < -0.39 is 5.97 Å². The largest absolute Gasteiger partial charge is 0.478 e. The van der Waals surface area contributed by atoms with Crippen LogP contribution in [0.15, 0.2) is 60.0 Å². The van der Waals surface area contributed by atoms with Crippen LogP contribution in [0.3, 0.4) is 0 Å². The first-order valence-electron chi connectivity index (χ1n) is 7.87. The summed E-state index contributed by atoms with van der Waals surface area (Å²) in [5.41, 5.74) is 3.38. The average molecular weight is 350 g/mol. The van der Waals surface area contributed by atoms with Gasteiger partial charge < -0.3 is 9.84 Å². The molecule has 0 saturated carbocycles. The van der Waals surface area contributed by atoms with Crippen molar-refractivity contribution in [3.63, 3.8) is 0 Å². The maximum Gasteiger partial charge on any atom is 0.337 e. The van der Waals surface area contributed by atoms with E-state index in [2.05, 4.69) is 6.07 Å². The predicted octanol–water partition coefficient (Wildman–Crippen LogP) is 5.78. The van der Waals surface area contributed by atoms with Gasteiger partial charge in [0, 0.05) is 4.88 Å². The minimum Gasteiger partial charge on any atom is -0.478 e. The fourth-order valence-electron chi connectivity index (χ4n) is 2.51. The van der Waals surface area contributed by atoms with Crippen molar-refractivity contribution in [2.45, 2.75) is 13.8 Å². The summed E-state index contributed by atoms with van der Waals surface area (Å²) < 4.78 is 5.91. The van der Waals surface area contributed by atoms with Crippen LogP contribution in [0.25, 0.3) is 11.6 Å². The molecule has 0 amide bonds. The Morgan fingerprint density at radius 1 is 1.08 bits per heavy atom. The van der Waals surface area contributed by atoms with Gasteiger partial charge in [0.25, 0.3) is 0 Å². The first-order valence-corrected chi connectivity index (χ1v) is 8.75. The number of carbonyl (C=O) groups is 1. The number of carboxylic acids is 1. The van der Waals surface area contributed by atoms with Crippen molar-refractivity contribution in [3.8, 4) is 11.5 Å². The van der Waals surface area contributed by atoms with Gasteiger partial charge in [0.1, 0.15) is 11.5 Å². The van der Waals surface area contributed by atoms with Crippen LogP contribution in [-0.2, 0) is 4.79 Å². The zero-order chi connectivity index (χ0) is 17.8. The highest BCUT2D eigenvalue weighted by Crippen LogP contribution is 2.27. The van der Waals surface area contributed by atoms with Gasteiger partial charge in [-0.3, -0.25) is 0 Å². The summed E-state index contributed by atoms with van der Waals surface area (Å²) in [4.78, 5) is 12.2. The first-order chi connectivity index (χ1) is 12.0. The molecule has 1 heterocycles. The lowest BCUT2D eigenvalue weighted by molar-refractivity contribution is -0.130. The molecule has 2 aromatic carbocycles. The summed E-state index contributed by atoms with van der Waals surface area (Å²) in [6.45, 7) is 4.06. The normalized spacial score (nSPS) is 11.4. The molecule has 126 valence electrons. The third-order valence-corrected chi connectivity index (χ3v) is 4.67. The molecule has 0 aliphatic carbocycles. The highest BCUT2D eigenvalue weighted by atomic mass is 32.1. The van der Waals surface area contributed by atoms with Gasteiger partial charge in [0.05, 0.1) is 5.57 Å². The van der Waals surface area contributed by atoms with Crippen molar-refractivity contribution in [2.75, 3.05) is 0 Å². The van der Waals surface area contributed by atoms with E-state index in [1.807, 2.05) is 67.8 Å². The van der Waals surface area contributed by atoms with Crippen LogP contribution < -0.4 is 4.74 Å². The van der Waals surface area contributed by atoms with Crippen molar-refractivity contribution in [1.82, 2.24) is 0 Å². The lowest BCUT2D eigenvalue weighted by Crippen LogP contribution is -1.97. The SMILES string of the molecule is Cc1ccc(Oc2ccc(/C=C(/C(=O)O)c3cccs3)cc2)c(C)c1. The zero-order valence-corrected chi connectivity index (χ0v) is 14.8. The summed E-state index contributed by atoms with van der Waals surface area (Å²) in [7, 11) is 0. The minimum absolute atomic E-state index is 0.290. The van der Waals surface area contributed by atoms with Crippen LogP contribution in [0.1, 0.15) is 21.6 Å². The third-order valence-electron chi connectivity index (χ3n) is 3.77. The molecule has 3 rings (SSSR count). The molecule has 4 heteroatoms. The number of hydrogen-bond acceptors (Lipinski definition) is 3. The summed E-state index contributed by atoms with van der Waals surface area (Å²) in [5, 5.41) is 11.3. The molecule has 1 N–H and O–H groups in total. The van der Waals surface area contributed by atoms with Gasteiger partial charge in [-0.05, 0) is 60.7 Å². The molecule has 0 unspecified atom stereocenters. The Labute approximate surface area is 150 Å². The van der Waals surface area contributed by atoms with Crippen molar-refractivity contribution in [1.29, 1.82) is 0 Å². The highest BCUT2D eigenvalue weighted by molar-refractivity contribution is 7.11. The number of ether oxygens (including phenoxy) is 1. The summed E-state index contributed by atoms with van der Waals surface area (Å²) in [6.07, 6.45) is 1.68. The molecule has 0 spiro atoms. The molecule has 25 heavy (non-hydrogen) atoms. The molecular weight excluding hydrogens is 332 g/mol. The molecule has 3 nitrogen and oxygen atoms in total. The fourth-order valence-corrected chi connectivity index (χ4v) is 3.24. The van der Waals surface area contributed by atoms with E-state index in [0.29, 0.717) is 0 Å². The average Bonchev–Trinajstić information content (AvgIpc) is 3.10. The van der Waals surface area contributed by atoms with Crippen molar-refractivity contribution >= 4 is 29.0 Å². The Kier molecular flexibility index (Phi) is 5.00. The maximum atomic E-state index is 11.5.